The molecule has 1 aromatic carbocycles. The number of nitrogens with one attached hydrogen (secondary N) is 1. The predicted molar refractivity (Wildman–Crippen MR) is 79.0 cm³/mol. The third-order valence-corrected chi connectivity index (χ3v) is 2.82. The van der Waals surface area contributed by atoms with Crippen LogP contribution in [0.5, 0.6) is 11.5 Å². The molecule has 0 saturated carbocycles. The van der Waals surface area contributed by atoms with E-state index in [1.165, 1.54) is 5.56 Å². The minimum absolute atomic E-state index is 0.452. The van der Waals surface area contributed by atoms with E-state index < -0.39 is 0 Å². The molecule has 0 aliphatic rings. The maximum Gasteiger partial charge on any atom is 0.161 e. The average molecular weight is 266 g/mol. The second-order valence-corrected chi connectivity index (χ2v) is 4.96. The van der Waals surface area contributed by atoms with E-state index in [9.17, 15) is 0 Å². The van der Waals surface area contributed by atoms with Crippen LogP contribution in [0.25, 0.3) is 0 Å². The minimum Gasteiger partial charge on any atom is -0.493 e. The number of benzene rings is 1. The summed E-state index contributed by atoms with van der Waals surface area (Å²) < 4.78 is 10.9. The van der Waals surface area contributed by atoms with Crippen molar-refractivity contribution < 1.29 is 9.47 Å². The van der Waals surface area contributed by atoms with E-state index in [1.54, 1.807) is 7.11 Å². The van der Waals surface area contributed by atoms with Gasteiger partial charge in [-0.15, -0.1) is 0 Å². The maximum absolute atomic E-state index is 5.58. The SMILES string of the molecule is CCOc1cc(CNC(C)CN(C)C)ccc1OC. The monoisotopic (exact) mass is 266 g/mol. The van der Waals surface area contributed by atoms with E-state index in [1.807, 2.05) is 19.1 Å². The Kier molecular flexibility index (Phi) is 6.67. The lowest BCUT2D eigenvalue weighted by Crippen LogP contribution is -2.35. The Morgan fingerprint density at radius 2 is 2.00 bits per heavy atom. The van der Waals surface area contributed by atoms with E-state index in [2.05, 4.69) is 37.3 Å². The van der Waals surface area contributed by atoms with E-state index in [0.29, 0.717) is 12.6 Å². The first-order valence-electron chi connectivity index (χ1n) is 6.74. The fraction of sp³-hybridized carbons (Fsp3) is 0.600. The molecular weight excluding hydrogens is 240 g/mol. The number of methoxy groups -OCH3 is 1. The topological polar surface area (TPSA) is 33.7 Å². The van der Waals surface area contributed by atoms with E-state index in [-0.39, 0.29) is 0 Å². The first-order valence-corrected chi connectivity index (χ1v) is 6.74. The second kappa shape index (κ2) is 8.02. The summed E-state index contributed by atoms with van der Waals surface area (Å²) in [6.45, 7) is 6.66. The van der Waals surface area contributed by atoms with Crippen LogP contribution in [-0.2, 0) is 6.54 Å². The Bertz CT molecular complexity index is 380. The van der Waals surface area contributed by atoms with Crippen molar-refractivity contribution in [1.29, 1.82) is 0 Å². The van der Waals surface area contributed by atoms with E-state index in [0.717, 1.165) is 24.6 Å². The van der Waals surface area contributed by atoms with Gasteiger partial charge in [0.1, 0.15) is 0 Å². The molecule has 1 N–H and O–H groups in total. The van der Waals surface area contributed by atoms with Crippen LogP contribution in [-0.4, -0.2) is 45.3 Å². The Hall–Kier alpha value is -1.26. The van der Waals surface area contributed by atoms with Gasteiger partial charge in [0.25, 0.3) is 0 Å². The Labute approximate surface area is 116 Å². The number of likely N-dealkylation sites (N-methyl/N-ethyl adjacent to an activating group) is 1. The summed E-state index contributed by atoms with van der Waals surface area (Å²) in [5, 5.41) is 3.50. The number of ether oxygens (including phenoxy) is 2. The van der Waals surface area contributed by atoms with E-state index in [4.69, 9.17) is 9.47 Å². The van der Waals surface area contributed by atoms with Gasteiger partial charge in [0.15, 0.2) is 11.5 Å². The molecule has 4 heteroatoms. The number of rotatable bonds is 8. The summed E-state index contributed by atoms with van der Waals surface area (Å²) in [6, 6.07) is 6.51. The maximum atomic E-state index is 5.58. The van der Waals surface area contributed by atoms with Crippen LogP contribution in [0.3, 0.4) is 0 Å². The van der Waals surface area contributed by atoms with Gasteiger partial charge in [-0.3, -0.25) is 0 Å². The average Bonchev–Trinajstić information content (AvgIpc) is 2.36. The van der Waals surface area contributed by atoms with Gasteiger partial charge in [-0.25, -0.2) is 0 Å². The van der Waals surface area contributed by atoms with Crippen LogP contribution < -0.4 is 14.8 Å². The van der Waals surface area contributed by atoms with Crippen molar-refractivity contribution in [2.75, 3.05) is 34.4 Å². The third kappa shape index (κ3) is 5.49. The predicted octanol–water partition coefficient (Wildman–Crippen LogP) is 2.13. The van der Waals surface area contributed by atoms with Crippen LogP contribution in [0.15, 0.2) is 18.2 Å². The summed E-state index contributed by atoms with van der Waals surface area (Å²) in [7, 11) is 5.83. The normalized spacial score (nSPS) is 12.5. The van der Waals surface area contributed by atoms with Crippen LogP contribution in [0, 0.1) is 0 Å². The molecule has 0 aliphatic heterocycles. The zero-order chi connectivity index (χ0) is 14.3. The Balaban J connectivity index is 2.61. The lowest BCUT2D eigenvalue weighted by molar-refractivity contribution is 0.310. The van der Waals surface area contributed by atoms with Gasteiger partial charge in [-0.05, 0) is 45.6 Å². The number of hydrogen-bond acceptors (Lipinski definition) is 4. The van der Waals surface area contributed by atoms with Crippen molar-refractivity contribution in [3.63, 3.8) is 0 Å². The molecule has 19 heavy (non-hydrogen) atoms. The number of hydrogen-bond donors (Lipinski definition) is 1. The highest BCUT2D eigenvalue weighted by molar-refractivity contribution is 5.42. The largest absolute Gasteiger partial charge is 0.493 e. The summed E-state index contributed by atoms with van der Waals surface area (Å²) in [5.74, 6) is 1.59. The lowest BCUT2D eigenvalue weighted by atomic mass is 10.2. The molecule has 0 aromatic heterocycles. The number of nitrogens with zero attached hydrogens (tertiary/aromatic N) is 1. The van der Waals surface area contributed by atoms with Crippen molar-refractivity contribution >= 4 is 0 Å². The van der Waals surface area contributed by atoms with Crippen LogP contribution in [0.1, 0.15) is 19.4 Å². The molecule has 1 unspecified atom stereocenters. The smallest absolute Gasteiger partial charge is 0.161 e. The van der Waals surface area contributed by atoms with Crippen molar-refractivity contribution in [2.24, 2.45) is 0 Å². The quantitative estimate of drug-likeness (QED) is 0.781. The molecule has 0 fully saturated rings. The standard InChI is InChI=1S/C15H26N2O2/c1-6-19-15-9-13(7-8-14(15)18-5)10-16-12(2)11-17(3)4/h7-9,12,16H,6,10-11H2,1-5H3. The molecule has 1 aromatic rings. The molecule has 0 bridgehead atoms. The zero-order valence-electron chi connectivity index (χ0n) is 12.7. The van der Waals surface area contributed by atoms with Gasteiger partial charge in [0.05, 0.1) is 13.7 Å². The molecule has 4 nitrogen and oxygen atoms in total. The molecule has 0 radical (unpaired) electrons. The van der Waals surface area contributed by atoms with Gasteiger partial charge in [0, 0.05) is 19.1 Å². The first-order chi connectivity index (χ1) is 9.06. The highest BCUT2D eigenvalue weighted by atomic mass is 16.5. The fourth-order valence-electron chi connectivity index (χ4n) is 2.00. The summed E-state index contributed by atoms with van der Waals surface area (Å²) >= 11 is 0. The fourth-order valence-corrected chi connectivity index (χ4v) is 2.00. The lowest BCUT2D eigenvalue weighted by Gasteiger charge is -2.18. The van der Waals surface area contributed by atoms with Crippen molar-refractivity contribution in [3.05, 3.63) is 23.8 Å². The van der Waals surface area contributed by atoms with Crippen LogP contribution in [0.4, 0.5) is 0 Å². The second-order valence-electron chi connectivity index (χ2n) is 4.96. The summed E-state index contributed by atoms with van der Waals surface area (Å²) in [6.07, 6.45) is 0. The van der Waals surface area contributed by atoms with Crippen molar-refractivity contribution in [1.82, 2.24) is 10.2 Å². The molecule has 0 heterocycles. The Morgan fingerprint density at radius 3 is 2.58 bits per heavy atom. The van der Waals surface area contributed by atoms with Gasteiger partial charge in [-0.2, -0.15) is 0 Å². The summed E-state index contributed by atoms with van der Waals surface area (Å²) in [4.78, 5) is 2.18. The third-order valence-electron chi connectivity index (χ3n) is 2.82. The molecule has 0 amide bonds. The molecule has 108 valence electrons. The molecule has 0 saturated heterocycles. The van der Waals surface area contributed by atoms with Gasteiger partial charge >= 0.3 is 0 Å². The Morgan fingerprint density at radius 1 is 1.26 bits per heavy atom. The summed E-state index contributed by atoms with van der Waals surface area (Å²) in [5.41, 5.74) is 1.20. The van der Waals surface area contributed by atoms with Crippen molar-refractivity contribution in [3.8, 4) is 11.5 Å². The highest BCUT2D eigenvalue weighted by Gasteiger charge is 2.07. The highest BCUT2D eigenvalue weighted by Crippen LogP contribution is 2.27. The molecule has 0 aliphatic carbocycles. The van der Waals surface area contributed by atoms with Gasteiger partial charge in [-0.1, -0.05) is 6.07 Å². The molecule has 1 rings (SSSR count). The van der Waals surface area contributed by atoms with E-state index >= 15 is 0 Å². The molecule has 1 atom stereocenters. The zero-order valence-corrected chi connectivity index (χ0v) is 12.7. The first kappa shape index (κ1) is 15.8. The van der Waals surface area contributed by atoms with Gasteiger partial charge < -0.3 is 19.7 Å². The van der Waals surface area contributed by atoms with Crippen LogP contribution >= 0.6 is 0 Å². The van der Waals surface area contributed by atoms with Gasteiger partial charge in [0.2, 0.25) is 0 Å². The molecule has 0 spiro atoms. The minimum atomic E-state index is 0.452. The van der Waals surface area contributed by atoms with Crippen molar-refractivity contribution in [2.45, 2.75) is 26.4 Å². The molecular formula is C15H26N2O2. The van der Waals surface area contributed by atoms with Crippen LogP contribution in [0.2, 0.25) is 0 Å².